The summed E-state index contributed by atoms with van der Waals surface area (Å²) in [5.74, 6) is -1.17. The fourth-order valence-electron chi connectivity index (χ4n) is 3.76. The molecular weight excluding hydrogens is 468 g/mol. The van der Waals surface area contributed by atoms with E-state index in [1.807, 2.05) is 4.90 Å². The Balaban J connectivity index is 1.67. The molecule has 0 radical (unpaired) electrons. The van der Waals surface area contributed by atoms with Crippen molar-refractivity contribution < 1.29 is 27.7 Å². The van der Waals surface area contributed by atoms with E-state index in [-0.39, 0.29) is 49.0 Å². The Morgan fingerprint density at radius 3 is 2.21 bits per heavy atom. The molecule has 2 amide bonds. The average molecular weight is 499 g/mol. The third-order valence-corrected chi connectivity index (χ3v) is 7.15. The van der Waals surface area contributed by atoms with Crippen molar-refractivity contribution >= 4 is 33.2 Å². The molecule has 34 heavy (non-hydrogen) atoms. The Kier molecular flexibility index (Phi) is 8.41. The van der Waals surface area contributed by atoms with E-state index in [1.54, 1.807) is 19.0 Å². The van der Waals surface area contributed by atoms with Gasteiger partial charge in [0.25, 0.3) is 5.69 Å². The lowest BCUT2D eigenvalue weighted by atomic mass is 10.2. The quantitative estimate of drug-likeness (QED) is 0.282. The van der Waals surface area contributed by atoms with Crippen molar-refractivity contribution in [3.63, 3.8) is 0 Å². The van der Waals surface area contributed by atoms with E-state index in [9.17, 15) is 28.1 Å². The Hall–Kier alpha value is -2.81. The lowest BCUT2D eigenvalue weighted by Gasteiger charge is -2.36. The summed E-state index contributed by atoms with van der Waals surface area (Å²) >= 11 is 0. The number of ether oxygens (including phenoxy) is 1. The van der Waals surface area contributed by atoms with Gasteiger partial charge in [0.2, 0.25) is 10.0 Å². The molecule has 3 rings (SSSR count). The third-order valence-electron chi connectivity index (χ3n) is 5.69. The number of carbonyl (C=O) groups is 2. The number of rotatable bonds is 7. The van der Waals surface area contributed by atoms with E-state index in [2.05, 4.69) is 4.72 Å². The van der Waals surface area contributed by atoms with Gasteiger partial charge >= 0.3 is 11.8 Å². The summed E-state index contributed by atoms with van der Waals surface area (Å²) in [7, 11) is -0.293. The van der Waals surface area contributed by atoms with Crippen molar-refractivity contribution in [2.75, 3.05) is 84.6 Å². The van der Waals surface area contributed by atoms with Crippen LogP contribution in [0.5, 0.6) is 0 Å². The summed E-state index contributed by atoms with van der Waals surface area (Å²) in [5.41, 5.74) is -0.0662. The van der Waals surface area contributed by atoms with Crippen LogP contribution in [0.2, 0.25) is 0 Å². The highest BCUT2D eigenvalue weighted by molar-refractivity contribution is 7.89. The molecular formula is C20H30N6O7S. The molecule has 13 nitrogen and oxygen atoms in total. The number of sulfonamides is 1. The Labute approximate surface area is 198 Å². The fourth-order valence-corrected chi connectivity index (χ4v) is 4.80. The monoisotopic (exact) mass is 498 g/mol. The van der Waals surface area contributed by atoms with Gasteiger partial charge in [-0.1, -0.05) is 0 Å². The number of nitrogens with zero attached hydrogens (tertiary/aromatic N) is 5. The zero-order chi connectivity index (χ0) is 24.9. The summed E-state index contributed by atoms with van der Waals surface area (Å²) in [4.78, 5) is 42.4. The van der Waals surface area contributed by atoms with Gasteiger partial charge in [0.05, 0.1) is 23.0 Å². The Morgan fingerprint density at radius 1 is 1.06 bits per heavy atom. The highest BCUT2D eigenvalue weighted by Crippen LogP contribution is 2.31. The van der Waals surface area contributed by atoms with Crippen LogP contribution in [-0.4, -0.2) is 120 Å². The summed E-state index contributed by atoms with van der Waals surface area (Å²) in [6.07, 6.45) is 0. The number of nitro benzene ring substituents is 1. The van der Waals surface area contributed by atoms with Crippen molar-refractivity contribution in [2.24, 2.45) is 0 Å². The standard InChI is InChI=1S/C20H30N6O7S/c1-22(2)6-5-21-34(31,32)16-3-4-17(18(15-16)26(29)30)23-7-9-24(10-8-23)19(27)20(28)25-11-13-33-14-12-25/h3-4,15,21H,5-14H2,1-2H3. The lowest BCUT2D eigenvalue weighted by molar-refractivity contribution is -0.384. The van der Waals surface area contributed by atoms with E-state index in [4.69, 9.17) is 4.74 Å². The molecule has 1 aromatic carbocycles. The second-order valence-electron chi connectivity index (χ2n) is 8.29. The van der Waals surface area contributed by atoms with Crippen molar-refractivity contribution in [3.05, 3.63) is 28.3 Å². The van der Waals surface area contributed by atoms with Crippen LogP contribution in [0, 0.1) is 10.1 Å². The Morgan fingerprint density at radius 2 is 1.65 bits per heavy atom. The number of piperazine rings is 1. The van der Waals surface area contributed by atoms with E-state index in [0.717, 1.165) is 6.07 Å². The lowest BCUT2D eigenvalue weighted by Crippen LogP contribution is -2.54. The van der Waals surface area contributed by atoms with E-state index >= 15 is 0 Å². The number of likely N-dealkylation sites (N-methyl/N-ethyl adjacent to an activating group) is 1. The van der Waals surface area contributed by atoms with E-state index < -0.39 is 26.8 Å². The molecule has 2 heterocycles. The number of carbonyl (C=O) groups excluding carboxylic acids is 2. The van der Waals surface area contributed by atoms with Gasteiger partial charge in [-0.2, -0.15) is 0 Å². The molecule has 1 N–H and O–H groups in total. The second-order valence-corrected chi connectivity index (χ2v) is 10.1. The molecule has 2 aliphatic rings. The van der Waals surface area contributed by atoms with Crippen molar-refractivity contribution in [2.45, 2.75) is 4.90 Å². The number of morpholine rings is 1. The highest BCUT2D eigenvalue weighted by Gasteiger charge is 2.32. The van der Waals surface area contributed by atoms with Gasteiger partial charge in [-0.25, -0.2) is 13.1 Å². The van der Waals surface area contributed by atoms with Crippen molar-refractivity contribution in [1.82, 2.24) is 19.4 Å². The van der Waals surface area contributed by atoms with Gasteiger partial charge in [-0.05, 0) is 26.2 Å². The maximum Gasteiger partial charge on any atom is 0.312 e. The summed E-state index contributed by atoms with van der Waals surface area (Å²) in [5, 5.41) is 11.7. The molecule has 14 heteroatoms. The number of hydrogen-bond acceptors (Lipinski definition) is 9. The number of nitro groups is 1. The molecule has 0 aliphatic carbocycles. The minimum absolute atomic E-state index is 0.171. The molecule has 0 aromatic heterocycles. The molecule has 0 bridgehead atoms. The van der Waals surface area contributed by atoms with Crippen LogP contribution in [0.1, 0.15) is 0 Å². The SMILES string of the molecule is CN(C)CCNS(=O)(=O)c1ccc(N2CCN(C(=O)C(=O)N3CCOCC3)CC2)c([N+](=O)[O-])c1. The molecule has 0 spiro atoms. The van der Waals surface area contributed by atoms with Crippen molar-refractivity contribution in [3.8, 4) is 0 Å². The number of nitrogens with one attached hydrogen (secondary N) is 1. The van der Waals surface area contributed by atoms with Crippen LogP contribution < -0.4 is 9.62 Å². The first-order valence-corrected chi connectivity index (χ1v) is 12.4. The predicted molar refractivity (Wildman–Crippen MR) is 123 cm³/mol. The van der Waals surface area contributed by atoms with Gasteiger partial charge < -0.3 is 24.3 Å². The first-order valence-electron chi connectivity index (χ1n) is 10.9. The fraction of sp³-hybridized carbons (Fsp3) is 0.600. The second kappa shape index (κ2) is 11.1. The number of benzene rings is 1. The first-order chi connectivity index (χ1) is 16.1. The summed E-state index contributed by atoms with van der Waals surface area (Å²) < 4.78 is 32.7. The van der Waals surface area contributed by atoms with E-state index in [0.29, 0.717) is 32.8 Å². The largest absolute Gasteiger partial charge is 0.378 e. The van der Waals surface area contributed by atoms with Gasteiger partial charge in [-0.3, -0.25) is 19.7 Å². The van der Waals surface area contributed by atoms with Crippen LogP contribution in [0.4, 0.5) is 11.4 Å². The maximum absolute atomic E-state index is 12.6. The van der Waals surface area contributed by atoms with Crippen LogP contribution in [0.3, 0.4) is 0 Å². The van der Waals surface area contributed by atoms with Gasteiger partial charge in [0.15, 0.2) is 0 Å². The first kappa shape index (κ1) is 25.8. The zero-order valence-corrected chi connectivity index (χ0v) is 20.1. The van der Waals surface area contributed by atoms with Gasteiger partial charge in [-0.15, -0.1) is 0 Å². The van der Waals surface area contributed by atoms with Crippen LogP contribution in [0.25, 0.3) is 0 Å². The zero-order valence-electron chi connectivity index (χ0n) is 19.3. The maximum atomic E-state index is 12.6. The van der Waals surface area contributed by atoms with Crippen LogP contribution in [0.15, 0.2) is 23.1 Å². The Bertz CT molecular complexity index is 1020. The number of anilines is 1. The van der Waals surface area contributed by atoms with Gasteiger partial charge in [0, 0.05) is 58.4 Å². The molecule has 0 atom stereocenters. The minimum Gasteiger partial charge on any atom is -0.378 e. The van der Waals surface area contributed by atoms with Crippen LogP contribution >= 0.6 is 0 Å². The van der Waals surface area contributed by atoms with E-state index in [1.165, 1.54) is 21.9 Å². The predicted octanol–water partition coefficient (Wildman–Crippen LogP) is -1.06. The summed E-state index contributed by atoms with van der Waals surface area (Å²) in [6.45, 7) is 3.18. The normalized spacial score (nSPS) is 17.2. The molecule has 1 aromatic rings. The third kappa shape index (κ3) is 6.20. The van der Waals surface area contributed by atoms with Crippen molar-refractivity contribution in [1.29, 1.82) is 0 Å². The highest BCUT2D eigenvalue weighted by atomic mass is 32.2. The molecule has 0 unspecified atom stereocenters. The molecule has 2 saturated heterocycles. The number of amides is 2. The molecule has 188 valence electrons. The average Bonchev–Trinajstić information content (AvgIpc) is 2.83. The van der Waals surface area contributed by atoms with Crippen LogP contribution in [-0.2, 0) is 24.3 Å². The smallest absolute Gasteiger partial charge is 0.312 e. The molecule has 0 saturated carbocycles. The molecule has 2 fully saturated rings. The van der Waals surface area contributed by atoms with Gasteiger partial charge in [0.1, 0.15) is 5.69 Å². The number of hydrogen-bond donors (Lipinski definition) is 1. The molecule has 2 aliphatic heterocycles. The summed E-state index contributed by atoms with van der Waals surface area (Å²) in [6, 6.07) is 3.79. The topological polar surface area (TPSA) is 146 Å². The minimum atomic E-state index is -3.90.